The summed E-state index contributed by atoms with van der Waals surface area (Å²) in [5.74, 6) is -4.40. The number of carbonyl (C=O) groups excluding carboxylic acids is 2. The average molecular weight is 901 g/mol. The minimum atomic E-state index is -2.28. The second kappa shape index (κ2) is 25.3. The molecule has 0 bridgehead atoms. The van der Waals surface area contributed by atoms with Crippen LogP contribution in [0.1, 0.15) is 70.9 Å². The quantitative estimate of drug-likeness (QED) is 0.0488. The Morgan fingerprint density at radius 3 is 2.31 bits per heavy atom. The first-order valence-electron chi connectivity index (χ1n) is 21.5. The van der Waals surface area contributed by atoms with E-state index >= 15 is 0 Å². The normalized spacial score (nSPS) is 30.4. The summed E-state index contributed by atoms with van der Waals surface area (Å²) in [5.41, 5.74) is 0.834. The maximum Gasteiger partial charge on any atom is 0.331 e. The molecule has 1 unspecified atom stereocenters. The maximum absolute atomic E-state index is 13.4. The Balaban J connectivity index is 1.51. The number of phenols is 2. The summed E-state index contributed by atoms with van der Waals surface area (Å²) in [7, 11) is 0. The van der Waals surface area contributed by atoms with Crippen LogP contribution in [0.3, 0.4) is 0 Å². The third kappa shape index (κ3) is 14.0. The van der Waals surface area contributed by atoms with Crippen molar-refractivity contribution < 1.29 is 84.0 Å². The van der Waals surface area contributed by atoms with Crippen LogP contribution in [0, 0.1) is 5.92 Å². The van der Waals surface area contributed by atoms with Gasteiger partial charge in [0.25, 0.3) is 0 Å². The zero-order valence-corrected chi connectivity index (χ0v) is 36.5. The fourth-order valence-corrected chi connectivity index (χ4v) is 7.09. The summed E-state index contributed by atoms with van der Waals surface area (Å²) in [6.07, 6.45) is 6.33. The predicted molar refractivity (Wildman–Crippen MR) is 231 cm³/mol. The Morgan fingerprint density at radius 2 is 1.59 bits per heavy atom. The average Bonchev–Trinajstić information content (AvgIpc) is 3.64. The van der Waals surface area contributed by atoms with E-state index in [2.05, 4.69) is 19.9 Å². The van der Waals surface area contributed by atoms with Crippen LogP contribution in [0.2, 0.25) is 0 Å². The van der Waals surface area contributed by atoms with E-state index in [0.29, 0.717) is 12.3 Å². The summed E-state index contributed by atoms with van der Waals surface area (Å²) in [6.45, 7) is 6.16. The van der Waals surface area contributed by atoms with Gasteiger partial charge in [0.1, 0.15) is 54.7 Å². The maximum atomic E-state index is 13.4. The molecule has 17 heteroatoms. The third-order valence-corrected chi connectivity index (χ3v) is 11.2. The number of hydrogen-bond acceptors (Lipinski definition) is 17. The summed E-state index contributed by atoms with van der Waals surface area (Å²) in [4.78, 5) is 25.8. The summed E-state index contributed by atoms with van der Waals surface area (Å²) >= 11 is 0. The van der Waals surface area contributed by atoms with Crippen molar-refractivity contribution in [3.8, 4) is 11.5 Å². The molecule has 0 saturated carbocycles. The van der Waals surface area contributed by atoms with E-state index in [0.717, 1.165) is 43.1 Å². The number of esters is 2. The van der Waals surface area contributed by atoms with Crippen molar-refractivity contribution in [3.63, 3.8) is 0 Å². The van der Waals surface area contributed by atoms with E-state index in [-0.39, 0.29) is 29.9 Å². The fraction of sp³-hybridized carbons (Fsp3) is 0.532. The van der Waals surface area contributed by atoms with Gasteiger partial charge in [0.05, 0.1) is 31.0 Å². The van der Waals surface area contributed by atoms with Crippen LogP contribution in [0.4, 0.5) is 0 Å². The highest BCUT2D eigenvalue weighted by Crippen LogP contribution is 2.51. The first-order chi connectivity index (χ1) is 30.6. The number of carbonyl (C=O) groups is 2. The van der Waals surface area contributed by atoms with Crippen LogP contribution in [0.5, 0.6) is 11.5 Å². The van der Waals surface area contributed by atoms with Crippen LogP contribution in [0.25, 0.3) is 0 Å². The molecular weight excluding hydrogens is 837 g/mol. The van der Waals surface area contributed by atoms with E-state index < -0.39 is 104 Å². The van der Waals surface area contributed by atoms with Gasteiger partial charge in [-0.15, -0.1) is 0 Å². The van der Waals surface area contributed by atoms with Gasteiger partial charge in [0, 0.05) is 18.2 Å². The molecule has 13 atom stereocenters. The van der Waals surface area contributed by atoms with E-state index in [9.17, 15) is 55.5 Å². The fourth-order valence-electron chi connectivity index (χ4n) is 7.09. The number of aliphatic hydroxyl groups excluding tert-OH is 7. The monoisotopic (exact) mass is 900 g/mol. The number of phenolic OH excluding ortho intramolecular Hbond substituents is 2. The standard InChI is InChI=1S/C47H64O17/c1-5-28(3)17-11-9-12-18-29(4)33(51)20-14-10-16-22-38(54)62-44-43(35(25-48)64-47(45(44)58)39-30(26-60-47)23-32(50)24-34(39)52)63-46-42(57)41(56)40(55)36(61-46)27-59-37(53)21-15-8-7-13-19-31(49)6-2/h7-10,12-16,18-19,21-24,28,31,33,35-36,40-46,48-52,55-58H,5-6,11,17,20,25-27H2,1-4H3/b8-7-,12-9+,14-10+,19-13+,21-15+,22-16+,29-18+/t28-,31?,33-,35+,36+,40-,41-,42+,43+,44-,45+,46-,47-/m0/s1. The second-order valence-corrected chi connectivity index (χ2v) is 16.0. The predicted octanol–water partition coefficient (Wildman–Crippen LogP) is 2.81. The molecule has 2 saturated heterocycles. The lowest BCUT2D eigenvalue weighted by atomic mass is 9.86. The van der Waals surface area contributed by atoms with Gasteiger partial charge in [0.15, 0.2) is 18.5 Å². The molecule has 9 N–H and O–H groups in total. The molecule has 1 aromatic carbocycles. The summed E-state index contributed by atoms with van der Waals surface area (Å²) in [5, 5.41) is 96.3. The highest BCUT2D eigenvalue weighted by Gasteiger charge is 2.63. The molecule has 2 fully saturated rings. The van der Waals surface area contributed by atoms with Gasteiger partial charge >= 0.3 is 11.9 Å². The van der Waals surface area contributed by atoms with Crippen molar-refractivity contribution in [3.05, 3.63) is 108 Å². The number of benzene rings is 1. The largest absolute Gasteiger partial charge is 0.508 e. The van der Waals surface area contributed by atoms with Crippen LogP contribution in [-0.4, -0.2) is 138 Å². The van der Waals surface area contributed by atoms with E-state index in [4.69, 9.17) is 28.4 Å². The number of hydrogen-bond donors (Lipinski definition) is 9. The lowest BCUT2D eigenvalue weighted by Gasteiger charge is -2.50. The first-order valence-corrected chi connectivity index (χ1v) is 21.5. The van der Waals surface area contributed by atoms with Crippen LogP contribution < -0.4 is 0 Å². The number of ether oxygens (including phenoxy) is 6. The van der Waals surface area contributed by atoms with Crippen LogP contribution in [-0.2, 0) is 50.4 Å². The zero-order chi connectivity index (χ0) is 47.0. The van der Waals surface area contributed by atoms with Gasteiger partial charge in [0.2, 0.25) is 5.79 Å². The molecule has 4 rings (SSSR count). The Kier molecular flexibility index (Phi) is 20.6. The van der Waals surface area contributed by atoms with Crippen LogP contribution in [0.15, 0.2) is 96.7 Å². The number of fused-ring (bicyclic) bond motifs is 2. The van der Waals surface area contributed by atoms with Crippen molar-refractivity contribution in [1.82, 2.24) is 0 Å². The smallest absolute Gasteiger partial charge is 0.331 e. The Labute approximate surface area is 373 Å². The van der Waals surface area contributed by atoms with Gasteiger partial charge in [-0.3, -0.25) is 0 Å². The molecular formula is C47H64O17. The topological polar surface area (TPSA) is 272 Å². The molecule has 0 amide bonds. The molecule has 17 nitrogen and oxygen atoms in total. The molecule has 64 heavy (non-hydrogen) atoms. The summed E-state index contributed by atoms with van der Waals surface area (Å²) < 4.78 is 34.6. The third-order valence-electron chi connectivity index (χ3n) is 11.2. The molecule has 1 aromatic rings. The lowest BCUT2D eigenvalue weighted by molar-refractivity contribution is -0.395. The van der Waals surface area contributed by atoms with E-state index in [1.807, 2.05) is 19.1 Å². The van der Waals surface area contributed by atoms with Crippen LogP contribution >= 0.6 is 0 Å². The molecule has 0 aromatic heterocycles. The van der Waals surface area contributed by atoms with Crippen molar-refractivity contribution in [2.24, 2.45) is 5.92 Å². The van der Waals surface area contributed by atoms with Crippen molar-refractivity contribution in [1.29, 1.82) is 0 Å². The SMILES string of the molecule is CCC(O)/C=C/C=C\C=C\C(=O)OC[C@H]1O[C@@H](O[C@H]2[C@H](OC(=O)/C=C/C=C/C[C@H](O)/C(C)=C/C=C/CC[C@@H](C)CC)[C@@H](O)[C@@]3(OCc4cc(O)cc(O)c43)O[C@@H]2CO)[C@H](O)[C@@H](O)[C@H]1O. The highest BCUT2D eigenvalue weighted by molar-refractivity contribution is 5.82. The van der Waals surface area contributed by atoms with Crippen molar-refractivity contribution in [2.75, 3.05) is 13.2 Å². The Bertz CT molecular complexity index is 1890. The number of allylic oxidation sites excluding steroid dienone is 9. The van der Waals surface area contributed by atoms with Crippen molar-refractivity contribution >= 4 is 11.9 Å². The molecule has 3 heterocycles. The van der Waals surface area contributed by atoms with Gasteiger partial charge in [-0.1, -0.05) is 94.0 Å². The van der Waals surface area contributed by atoms with Crippen molar-refractivity contribution in [2.45, 2.75) is 140 Å². The van der Waals surface area contributed by atoms with Gasteiger partial charge in [-0.25, -0.2) is 9.59 Å². The van der Waals surface area contributed by atoms with E-state index in [1.54, 1.807) is 31.2 Å². The van der Waals surface area contributed by atoms with Gasteiger partial charge < -0.3 is 74.4 Å². The zero-order valence-electron chi connectivity index (χ0n) is 36.5. The highest BCUT2D eigenvalue weighted by atomic mass is 16.8. The van der Waals surface area contributed by atoms with Gasteiger partial charge in [-0.2, -0.15) is 0 Å². The minimum absolute atomic E-state index is 0.121. The second-order valence-electron chi connectivity index (χ2n) is 16.0. The summed E-state index contributed by atoms with van der Waals surface area (Å²) in [6, 6.07) is 2.25. The molecule has 1 spiro atoms. The number of aromatic hydroxyl groups is 2. The number of aliphatic hydroxyl groups is 7. The van der Waals surface area contributed by atoms with E-state index in [1.165, 1.54) is 30.4 Å². The molecule has 3 aliphatic heterocycles. The first kappa shape index (κ1) is 52.1. The lowest BCUT2D eigenvalue weighted by Crippen LogP contribution is -2.67. The Hall–Kier alpha value is -4.50. The molecule has 3 aliphatic rings. The minimum Gasteiger partial charge on any atom is -0.508 e. The molecule has 0 aliphatic carbocycles. The molecule has 0 radical (unpaired) electrons. The number of rotatable bonds is 21. The molecule has 354 valence electrons. The Morgan fingerprint density at radius 1 is 0.875 bits per heavy atom. The van der Waals surface area contributed by atoms with Gasteiger partial charge in [-0.05, 0) is 55.7 Å².